The second kappa shape index (κ2) is 10.7. The Kier molecular flexibility index (Phi) is 8.07. The summed E-state index contributed by atoms with van der Waals surface area (Å²) in [5.74, 6) is 0.784. The summed E-state index contributed by atoms with van der Waals surface area (Å²) in [5, 5.41) is 5.92. The maximum absolute atomic E-state index is 12.8. The number of carbonyl (C=O) groups is 1. The zero-order valence-electron chi connectivity index (χ0n) is 16.9. The second-order valence-electron chi connectivity index (χ2n) is 7.16. The lowest BCUT2D eigenvalue weighted by Gasteiger charge is -2.17. The predicted octanol–water partition coefficient (Wildman–Crippen LogP) is 4.92. The molecule has 1 aliphatic rings. The van der Waals surface area contributed by atoms with Crippen LogP contribution >= 0.6 is 28.1 Å². The summed E-state index contributed by atoms with van der Waals surface area (Å²) in [6.45, 7) is 5.07. The van der Waals surface area contributed by atoms with Crippen molar-refractivity contribution in [2.24, 2.45) is 0 Å². The molecule has 0 radical (unpaired) electrons. The maximum atomic E-state index is 12.8. The number of hydrogen-bond donors (Lipinski definition) is 2. The smallest absolute Gasteiger partial charge is 0.261 e. The Hall–Kier alpha value is -2.16. The molecule has 6 nitrogen and oxygen atoms in total. The van der Waals surface area contributed by atoms with Gasteiger partial charge in [-0.25, -0.2) is 0 Å². The first-order valence-electron chi connectivity index (χ1n) is 9.84. The van der Waals surface area contributed by atoms with Gasteiger partial charge in [-0.3, -0.25) is 10.1 Å². The fraction of sp³-hybridized carbons (Fsp3) is 0.364. The molecule has 1 saturated heterocycles. The second-order valence-corrected chi connectivity index (χ2v) is 8.48. The van der Waals surface area contributed by atoms with Crippen LogP contribution in [-0.4, -0.2) is 36.4 Å². The van der Waals surface area contributed by atoms with E-state index >= 15 is 0 Å². The van der Waals surface area contributed by atoms with Crippen molar-refractivity contribution in [2.45, 2.75) is 38.9 Å². The van der Waals surface area contributed by atoms with Crippen LogP contribution in [0.15, 0.2) is 46.9 Å². The normalized spacial score (nSPS) is 15.7. The third kappa shape index (κ3) is 6.42. The summed E-state index contributed by atoms with van der Waals surface area (Å²) >= 11 is 8.75. The fourth-order valence-electron chi connectivity index (χ4n) is 3.01. The number of hydrogen-bond acceptors (Lipinski definition) is 5. The summed E-state index contributed by atoms with van der Waals surface area (Å²) in [7, 11) is 0. The highest BCUT2D eigenvalue weighted by molar-refractivity contribution is 9.10. The maximum Gasteiger partial charge on any atom is 0.261 e. The first-order chi connectivity index (χ1) is 14.4. The molecule has 3 rings (SSSR count). The Balaban J connectivity index is 1.64. The van der Waals surface area contributed by atoms with E-state index in [1.54, 1.807) is 12.1 Å². The molecule has 1 amide bonds. The number of para-hydroxylation sites is 2. The molecule has 2 aromatic carbocycles. The first kappa shape index (κ1) is 22.5. The van der Waals surface area contributed by atoms with Crippen LogP contribution in [0, 0.1) is 0 Å². The molecule has 1 unspecified atom stereocenters. The number of benzene rings is 2. The Labute approximate surface area is 190 Å². The van der Waals surface area contributed by atoms with Crippen molar-refractivity contribution in [3.8, 4) is 11.5 Å². The summed E-state index contributed by atoms with van der Waals surface area (Å²) in [4.78, 5) is 12.8. The van der Waals surface area contributed by atoms with Crippen molar-refractivity contribution in [3.05, 3.63) is 52.5 Å². The molecule has 0 spiro atoms. The number of halogens is 1. The van der Waals surface area contributed by atoms with E-state index in [-0.39, 0.29) is 23.2 Å². The molecule has 8 heteroatoms. The number of rotatable bonds is 7. The molecule has 0 aliphatic carbocycles. The number of anilines is 1. The van der Waals surface area contributed by atoms with Gasteiger partial charge in [-0.05, 0) is 69.2 Å². The Morgan fingerprint density at radius 3 is 2.80 bits per heavy atom. The van der Waals surface area contributed by atoms with Gasteiger partial charge < -0.3 is 19.5 Å². The van der Waals surface area contributed by atoms with Crippen LogP contribution in [0.3, 0.4) is 0 Å². The molecule has 0 aromatic heterocycles. The van der Waals surface area contributed by atoms with Crippen molar-refractivity contribution >= 4 is 44.9 Å². The van der Waals surface area contributed by atoms with Gasteiger partial charge in [0.05, 0.1) is 23.5 Å². The standard InChI is InChI=1S/C22H25BrN2O4S/c1-14(2)29-19-10-9-15(23)12-17(19)21(26)25-22(30)24-18-7-3-4-8-20(18)28-13-16-6-5-11-27-16/h3-4,7-10,12,14,16H,5-6,11,13H2,1-2H3,(H2,24,25,26,30). The zero-order valence-corrected chi connectivity index (χ0v) is 19.3. The largest absolute Gasteiger partial charge is 0.490 e. The van der Waals surface area contributed by atoms with E-state index in [0.29, 0.717) is 29.4 Å². The van der Waals surface area contributed by atoms with Crippen LogP contribution in [-0.2, 0) is 4.74 Å². The van der Waals surface area contributed by atoms with Crippen LogP contribution in [0.4, 0.5) is 5.69 Å². The molecule has 0 bridgehead atoms. The van der Waals surface area contributed by atoms with Crippen molar-refractivity contribution in [1.82, 2.24) is 5.32 Å². The number of amides is 1. The number of nitrogens with one attached hydrogen (secondary N) is 2. The van der Waals surface area contributed by atoms with E-state index in [1.165, 1.54) is 0 Å². The van der Waals surface area contributed by atoms with Gasteiger partial charge in [0.15, 0.2) is 5.11 Å². The third-order valence-corrected chi connectivity index (χ3v) is 5.06. The predicted molar refractivity (Wildman–Crippen MR) is 125 cm³/mol. The molecule has 2 N–H and O–H groups in total. The van der Waals surface area contributed by atoms with Crippen LogP contribution < -0.4 is 20.1 Å². The van der Waals surface area contributed by atoms with E-state index in [9.17, 15) is 4.79 Å². The van der Waals surface area contributed by atoms with Crippen molar-refractivity contribution < 1.29 is 19.0 Å². The average Bonchev–Trinajstić information content (AvgIpc) is 3.22. The van der Waals surface area contributed by atoms with Crippen molar-refractivity contribution in [2.75, 3.05) is 18.5 Å². The molecule has 30 heavy (non-hydrogen) atoms. The summed E-state index contributed by atoms with van der Waals surface area (Å²) < 4.78 is 18.0. The van der Waals surface area contributed by atoms with E-state index in [1.807, 2.05) is 44.2 Å². The Bertz CT molecular complexity index is 900. The lowest BCUT2D eigenvalue weighted by molar-refractivity contribution is 0.0682. The quantitative estimate of drug-likeness (QED) is 0.534. The van der Waals surface area contributed by atoms with E-state index in [4.69, 9.17) is 26.4 Å². The van der Waals surface area contributed by atoms with E-state index in [0.717, 1.165) is 23.9 Å². The molecule has 1 atom stereocenters. The van der Waals surface area contributed by atoms with E-state index in [2.05, 4.69) is 26.6 Å². The van der Waals surface area contributed by atoms with Gasteiger partial charge in [0.25, 0.3) is 5.91 Å². The zero-order chi connectivity index (χ0) is 21.5. The fourth-order valence-corrected chi connectivity index (χ4v) is 3.58. The number of ether oxygens (including phenoxy) is 3. The van der Waals surface area contributed by atoms with Gasteiger partial charge in [-0.15, -0.1) is 0 Å². The van der Waals surface area contributed by atoms with Crippen LogP contribution in [0.1, 0.15) is 37.0 Å². The minimum absolute atomic E-state index is 0.0596. The van der Waals surface area contributed by atoms with Crippen molar-refractivity contribution in [3.63, 3.8) is 0 Å². The lowest BCUT2D eigenvalue weighted by atomic mass is 10.2. The number of carbonyl (C=O) groups excluding carboxylic acids is 1. The average molecular weight is 493 g/mol. The molecule has 2 aromatic rings. The van der Waals surface area contributed by atoms with Gasteiger partial charge in [-0.2, -0.15) is 0 Å². The Morgan fingerprint density at radius 2 is 2.07 bits per heavy atom. The summed E-state index contributed by atoms with van der Waals surface area (Å²) in [5.41, 5.74) is 1.07. The molecular weight excluding hydrogens is 468 g/mol. The lowest BCUT2D eigenvalue weighted by Crippen LogP contribution is -2.34. The van der Waals surface area contributed by atoms with Crippen LogP contribution in [0.25, 0.3) is 0 Å². The molecule has 1 fully saturated rings. The first-order valence-corrected chi connectivity index (χ1v) is 11.0. The number of thiocarbonyl (C=S) groups is 1. The van der Waals surface area contributed by atoms with Gasteiger partial charge >= 0.3 is 0 Å². The summed E-state index contributed by atoms with van der Waals surface area (Å²) in [6, 6.07) is 12.7. The highest BCUT2D eigenvalue weighted by atomic mass is 79.9. The molecule has 1 heterocycles. The minimum Gasteiger partial charge on any atom is -0.490 e. The SMILES string of the molecule is CC(C)Oc1ccc(Br)cc1C(=O)NC(=S)Nc1ccccc1OCC1CCCO1. The van der Waals surface area contributed by atoms with Crippen LogP contribution in [0.2, 0.25) is 0 Å². The van der Waals surface area contributed by atoms with E-state index < -0.39 is 0 Å². The minimum atomic E-state index is -0.359. The van der Waals surface area contributed by atoms with Crippen molar-refractivity contribution in [1.29, 1.82) is 0 Å². The molecule has 1 aliphatic heterocycles. The highest BCUT2D eigenvalue weighted by Crippen LogP contribution is 2.26. The topological polar surface area (TPSA) is 68.8 Å². The van der Waals surface area contributed by atoms with Gasteiger partial charge in [0.1, 0.15) is 18.1 Å². The Morgan fingerprint density at radius 1 is 1.27 bits per heavy atom. The summed E-state index contributed by atoms with van der Waals surface area (Å²) in [6.07, 6.45) is 2.11. The van der Waals surface area contributed by atoms with Gasteiger partial charge in [-0.1, -0.05) is 28.1 Å². The molecule has 0 saturated carbocycles. The van der Waals surface area contributed by atoms with Gasteiger partial charge in [0, 0.05) is 11.1 Å². The van der Waals surface area contributed by atoms with Gasteiger partial charge in [0.2, 0.25) is 0 Å². The highest BCUT2D eigenvalue weighted by Gasteiger charge is 2.18. The molecular formula is C22H25BrN2O4S. The molecule has 160 valence electrons. The van der Waals surface area contributed by atoms with Crippen LogP contribution in [0.5, 0.6) is 11.5 Å². The monoisotopic (exact) mass is 492 g/mol. The third-order valence-electron chi connectivity index (χ3n) is 4.36.